The number of aliphatic hydroxyl groups excluding tert-OH is 1. The number of carbonyl (C=O) groups excluding carboxylic acids is 1. The number of rotatable bonds is 15. The van der Waals surface area contributed by atoms with E-state index in [0.717, 1.165) is 57.8 Å². The molecule has 0 saturated carbocycles. The number of hydrogen-bond donors (Lipinski definition) is 1. The number of nitrogens with zero attached hydrogens (tertiary/aromatic N) is 1. The van der Waals surface area contributed by atoms with Crippen molar-refractivity contribution in [3.63, 3.8) is 0 Å². The van der Waals surface area contributed by atoms with Crippen molar-refractivity contribution in [1.29, 1.82) is 0 Å². The Bertz CT molecular complexity index is 322. The van der Waals surface area contributed by atoms with E-state index in [2.05, 4.69) is 11.7 Å². The monoisotopic (exact) mass is 331 g/mol. The van der Waals surface area contributed by atoms with Gasteiger partial charge in [-0.1, -0.05) is 51.9 Å². The summed E-state index contributed by atoms with van der Waals surface area (Å²) in [6, 6.07) is -0.841. The van der Waals surface area contributed by atoms with Crippen molar-refractivity contribution < 1.29 is 19.6 Å². The molecular formula is C17H33NO5. The predicted molar refractivity (Wildman–Crippen MR) is 89.9 cm³/mol. The van der Waals surface area contributed by atoms with Gasteiger partial charge < -0.3 is 9.84 Å². The number of methoxy groups -OCH3 is 1. The molecule has 0 aliphatic rings. The van der Waals surface area contributed by atoms with E-state index < -0.39 is 12.1 Å². The number of unbranched alkanes of at least 4 members (excludes halogenated alkanes) is 7. The summed E-state index contributed by atoms with van der Waals surface area (Å²) in [7, 11) is 1.38. The summed E-state index contributed by atoms with van der Waals surface area (Å²) in [5.41, 5.74) is 0. The molecule has 0 aromatic heterocycles. The summed E-state index contributed by atoms with van der Waals surface area (Å²) in [6.45, 7) is 2.11. The third kappa shape index (κ3) is 12.0. The van der Waals surface area contributed by atoms with Crippen LogP contribution in [0.25, 0.3) is 0 Å². The van der Waals surface area contributed by atoms with Crippen LogP contribution in [0.5, 0.6) is 0 Å². The molecule has 0 aromatic rings. The molecule has 0 amide bonds. The third-order valence-corrected chi connectivity index (χ3v) is 4.18. The van der Waals surface area contributed by atoms with Gasteiger partial charge in [0.2, 0.25) is 6.04 Å². The number of ether oxygens (including phenoxy) is 1. The lowest BCUT2D eigenvalue weighted by Gasteiger charge is -2.16. The topological polar surface area (TPSA) is 89.7 Å². The summed E-state index contributed by atoms with van der Waals surface area (Å²) >= 11 is 0. The fraction of sp³-hybridized carbons (Fsp3) is 0.941. The molecule has 0 aromatic carbocycles. The van der Waals surface area contributed by atoms with E-state index in [1.807, 2.05) is 0 Å². The lowest BCUT2D eigenvalue weighted by molar-refractivity contribution is -0.535. The molecule has 0 bridgehead atoms. The first kappa shape index (κ1) is 21.8. The summed E-state index contributed by atoms with van der Waals surface area (Å²) in [5.74, 6) is -0.190. The molecule has 0 fully saturated rings. The minimum atomic E-state index is -0.841. The fourth-order valence-electron chi connectivity index (χ4n) is 2.67. The van der Waals surface area contributed by atoms with Gasteiger partial charge in [0.1, 0.15) is 6.10 Å². The molecule has 2 unspecified atom stereocenters. The van der Waals surface area contributed by atoms with Gasteiger partial charge in [0.25, 0.3) is 0 Å². The maximum atomic E-state index is 11.1. The van der Waals surface area contributed by atoms with Crippen molar-refractivity contribution in [3.05, 3.63) is 10.1 Å². The first-order chi connectivity index (χ1) is 11.0. The Morgan fingerprint density at radius 2 is 1.61 bits per heavy atom. The number of esters is 1. The lowest BCUT2D eigenvalue weighted by Crippen LogP contribution is -2.33. The molecule has 6 nitrogen and oxygen atoms in total. The summed E-state index contributed by atoms with van der Waals surface area (Å²) < 4.78 is 4.57. The highest BCUT2D eigenvalue weighted by molar-refractivity contribution is 5.68. The molecule has 0 saturated heterocycles. The van der Waals surface area contributed by atoms with Crippen LogP contribution in [0, 0.1) is 10.1 Å². The van der Waals surface area contributed by atoms with Gasteiger partial charge in [-0.2, -0.15) is 0 Å². The molecule has 0 spiro atoms. The Hall–Kier alpha value is -1.17. The largest absolute Gasteiger partial charge is 0.469 e. The molecule has 0 rings (SSSR count). The number of hydrogen-bond acceptors (Lipinski definition) is 5. The Kier molecular flexibility index (Phi) is 13.7. The van der Waals surface area contributed by atoms with Gasteiger partial charge in [-0.15, -0.1) is 0 Å². The van der Waals surface area contributed by atoms with Crippen LogP contribution >= 0.6 is 0 Å². The van der Waals surface area contributed by atoms with E-state index in [1.54, 1.807) is 0 Å². The Labute approximate surface area is 139 Å². The predicted octanol–water partition coefficient (Wildman–Crippen LogP) is 3.87. The molecule has 2 atom stereocenters. The zero-order valence-electron chi connectivity index (χ0n) is 14.7. The maximum absolute atomic E-state index is 11.1. The van der Waals surface area contributed by atoms with Gasteiger partial charge >= 0.3 is 5.97 Å². The quantitative estimate of drug-likeness (QED) is 0.213. The third-order valence-electron chi connectivity index (χ3n) is 4.18. The second-order valence-corrected chi connectivity index (χ2v) is 6.15. The first-order valence-electron chi connectivity index (χ1n) is 8.91. The van der Waals surface area contributed by atoms with Gasteiger partial charge in [-0.05, 0) is 19.3 Å². The number of aliphatic hydroxyl groups is 1. The van der Waals surface area contributed by atoms with Gasteiger partial charge in [0.05, 0.1) is 7.11 Å². The Morgan fingerprint density at radius 3 is 2.22 bits per heavy atom. The average molecular weight is 331 g/mol. The molecule has 6 heteroatoms. The molecule has 136 valence electrons. The van der Waals surface area contributed by atoms with Crippen molar-refractivity contribution >= 4 is 5.97 Å². The lowest BCUT2D eigenvalue weighted by atomic mass is 9.98. The van der Waals surface area contributed by atoms with Crippen LogP contribution in [-0.2, 0) is 9.53 Å². The van der Waals surface area contributed by atoms with Crippen LogP contribution < -0.4 is 0 Å². The molecule has 0 aliphatic heterocycles. The van der Waals surface area contributed by atoms with Crippen LogP contribution in [0.2, 0.25) is 0 Å². The van der Waals surface area contributed by atoms with Crippen LogP contribution in [0.3, 0.4) is 0 Å². The first-order valence-corrected chi connectivity index (χ1v) is 8.91. The van der Waals surface area contributed by atoms with Crippen molar-refractivity contribution in [1.82, 2.24) is 0 Å². The maximum Gasteiger partial charge on any atom is 0.305 e. The van der Waals surface area contributed by atoms with E-state index >= 15 is 0 Å². The van der Waals surface area contributed by atoms with Gasteiger partial charge in [0, 0.05) is 17.8 Å². The van der Waals surface area contributed by atoms with E-state index in [0.29, 0.717) is 19.3 Å². The van der Waals surface area contributed by atoms with E-state index in [4.69, 9.17) is 0 Å². The Balaban J connectivity index is 3.79. The van der Waals surface area contributed by atoms with Crippen LogP contribution in [0.1, 0.15) is 84.0 Å². The highest BCUT2D eigenvalue weighted by atomic mass is 16.6. The molecular weight excluding hydrogens is 298 g/mol. The highest BCUT2D eigenvalue weighted by Gasteiger charge is 2.28. The van der Waals surface area contributed by atoms with E-state index in [9.17, 15) is 20.0 Å². The number of nitro groups is 1. The van der Waals surface area contributed by atoms with E-state index in [-0.39, 0.29) is 10.9 Å². The fourth-order valence-corrected chi connectivity index (χ4v) is 2.67. The average Bonchev–Trinajstić information content (AvgIpc) is 2.53. The van der Waals surface area contributed by atoms with E-state index in [1.165, 1.54) is 7.11 Å². The standard InChI is InChI=1S/C17H33NO5/c1-3-4-5-10-13-16(19)15(18(21)22)12-9-7-6-8-11-14-17(20)23-2/h15-16,19H,3-14H2,1-2H3. The molecule has 1 N–H and O–H groups in total. The summed E-state index contributed by atoms with van der Waals surface area (Å²) in [5, 5.41) is 21.1. The summed E-state index contributed by atoms with van der Waals surface area (Å²) in [4.78, 5) is 21.7. The molecule has 0 radical (unpaired) electrons. The highest BCUT2D eigenvalue weighted by Crippen LogP contribution is 2.16. The normalized spacial score (nSPS) is 13.5. The van der Waals surface area contributed by atoms with Gasteiger partial charge in [0.15, 0.2) is 0 Å². The van der Waals surface area contributed by atoms with Crippen molar-refractivity contribution in [2.75, 3.05) is 7.11 Å². The number of carbonyl (C=O) groups is 1. The zero-order chi connectivity index (χ0) is 17.5. The second-order valence-electron chi connectivity index (χ2n) is 6.15. The second kappa shape index (κ2) is 14.4. The van der Waals surface area contributed by atoms with Crippen molar-refractivity contribution in [2.45, 2.75) is 96.1 Å². The van der Waals surface area contributed by atoms with Gasteiger partial charge in [-0.25, -0.2) is 0 Å². The van der Waals surface area contributed by atoms with Crippen molar-refractivity contribution in [2.24, 2.45) is 0 Å². The minimum Gasteiger partial charge on any atom is -0.469 e. The van der Waals surface area contributed by atoms with Crippen LogP contribution in [0.4, 0.5) is 0 Å². The van der Waals surface area contributed by atoms with Crippen LogP contribution in [0.15, 0.2) is 0 Å². The molecule has 23 heavy (non-hydrogen) atoms. The minimum absolute atomic E-state index is 0.190. The van der Waals surface area contributed by atoms with Crippen LogP contribution in [-0.4, -0.2) is 35.3 Å². The molecule has 0 aliphatic carbocycles. The van der Waals surface area contributed by atoms with Gasteiger partial charge in [-0.3, -0.25) is 14.9 Å². The zero-order valence-corrected chi connectivity index (χ0v) is 14.7. The SMILES string of the molecule is CCCCCCC(O)C(CCCCCCCC(=O)OC)[N+](=O)[O-]. The summed E-state index contributed by atoms with van der Waals surface area (Å²) in [6.07, 6.45) is 8.98. The molecule has 0 heterocycles. The van der Waals surface area contributed by atoms with Crippen molar-refractivity contribution in [3.8, 4) is 0 Å². The smallest absolute Gasteiger partial charge is 0.305 e. The Morgan fingerprint density at radius 1 is 1.04 bits per heavy atom.